The van der Waals surface area contributed by atoms with Gasteiger partial charge in [0, 0.05) is 10.4 Å². The average molecular weight is 327 g/mol. The zero-order valence-electron chi connectivity index (χ0n) is 12.5. The number of carbonyl (C=O) groups is 1. The van der Waals surface area contributed by atoms with Crippen LogP contribution in [0.5, 0.6) is 0 Å². The summed E-state index contributed by atoms with van der Waals surface area (Å²) in [6.45, 7) is 1.88. The predicted octanol–water partition coefficient (Wildman–Crippen LogP) is 3.67. The lowest BCUT2D eigenvalue weighted by Crippen LogP contribution is -2.29. The van der Waals surface area contributed by atoms with Gasteiger partial charge in [0.15, 0.2) is 0 Å². The predicted molar refractivity (Wildman–Crippen MR) is 91.9 cm³/mol. The van der Waals surface area contributed by atoms with Crippen molar-refractivity contribution in [2.45, 2.75) is 13.0 Å². The molecule has 2 N–H and O–H groups in total. The number of halogens is 1. The second kappa shape index (κ2) is 6.26. The van der Waals surface area contributed by atoms with Crippen LogP contribution in [-0.2, 0) is 0 Å². The van der Waals surface area contributed by atoms with Crippen molar-refractivity contribution in [2.75, 3.05) is 0 Å². The Bertz CT molecular complexity index is 916. The second-order valence-electron chi connectivity index (χ2n) is 5.35. The maximum atomic E-state index is 12.4. The summed E-state index contributed by atoms with van der Waals surface area (Å²) >= 11 is 5.86. The van der Waals surface area contributed by atoms with Crippen molar-refractivity contribution in [1.29, 1.82) is 0 Å². The van der Waals surface area contributed by atoms with Crippen LogP contribution in [-0.4, -0.2) is 10.9 Å². The van der Waals surface area contributed by atoms with Crippen LogP contribution < -0.4 is 10.9 Å². The van der Waals surface area contributed by atoms with Gasteiger partial charge in [0.25, 0.3) is 11.5 Å². The van der Waals surface area contributed by atoms with E-state index in [9.17, 15) is 9.59 Å². The number of hydrogen-bond donors (Lipinski definition) is 2. The van der Waals surface area contributed by atoms with Gasteiger partial charge in [0.05, 0.1) is 6.04 Å². The molecule has 0 aliphatic heterocycles. The van der Waals surface area contributed by atoms with Crippen LogP contribution in [0, 0.1) is 0 Å². The van der Waals surface area contributed by atoms with Crippen LogP contribution in [0.25, 0.3) is 10.8 Å². The molecule has 116 valence electrons. The first-order chi connectivity index (χ1) is 11.0. The van der Waals surface area contributed by atoms with Crippen molar-refractivity contribution < 1.29 is 4.79 Å². The molecule has 2 aromatic carbocycles. The van der Waals surface area contributed by atoms with Gasteiger partial charge in [0.2, 0.25) is 0 Å². The Balaban J connectivity index is 1.85. The molecule has 3 aromatic rings. The standard InChI is InChI=1S/C18H15ClN2O2/c1-11(12-6-8-14(19)9-7-12)20-18(23)16-10-13-4-2-3-5-15(13)17(22)21-16/h2-11H,1H3,(H,20,23)(H,21,22). The largest absolute Gasteiger partial charge is 0.344 e. The number of pyridine rings is 1. The summed E-state index contributed by atoms with van der Waals surface area (Å²) < 4.78 is 0. The number of carbonyl (C=O) groups excluding carboxylic acids is 1. The molecule has 0 saturated heterocycles. The Morgan fingerprint density at radius 1 is 1.13 bits per heavy atom. The Hall–Kier alpha value is -2.59. The van der Waals surface area contributed by atoms with Crippen molar-refractivity contribution >= 4 is 28.3 Å². The Morgan fingerprint density at radius 3 is 2.57 bits per heavy atom. The van der Waals surface area contributed by atoms with E-state index in [-0.39, 0.29) is 23.2 Å². The van der Waals surface area contributed by atoms with Gasteiger partial charge < -0.3 is 10.3 Å². The molecule has 0 saturated carbocycles. The summed E-state index contributed by atoms with van der Waals surface area (Å²) in [6, 6.07) is 15.9. The third-order valence-electron chi connectivity index (χ3n) is 3.72. The number of rotatable bonds is 3. The number of H-pyrrole nitrogens is 1. The van der Waals surface area contributed by atoms with Crippen molar-refractivity contribution in [2.24, 2.45) is 0 Å². The number of aromatic amines is 1. The first-order valence-electron chi connectivity index (χ1n) is 7.23. The quantitative estimate of drug-likeness (QED) is 0.771. The molecule has 1 atom stereocenters. The maximum absolute atomic E-state index is 12.4. The van der Waals surface area contributed by atoms with E-state index in [0.29, 0.717) is 10.4 Å². The molecule has 1 heterocycles. The van der Waals surface area contributed by atoms with Crippen LogP contribution in [0.2, 0.25) is 5.02 Å². The van der Waals surface area contributed by atoms with E-state index in [1.54, 1.807) is 30.3 Å². The highest BCUT2D eigenvalue weighted by molar-refractivity contribution is 6.30. The van der Waals surface area contributed by atoms with Crippen molar-refractivity contribution in [3.63, 3.8) is 0 Å². The third kappa shape index (κ3) is 3.27. The van der Waals surface area contributed by atoms with E-state index >= 15 is 0 Å². The van der Waals surface area contributed by atoms with Gasteiger partial charge in [-0.2, -0.15) is 0 Å². The molecule has 3 rings (SSSR count). The van der Waals surface area contributed by atoms with Gasteiger partial charge in [-0.3, -0.25) is 9.59 Å². The van der Waals surface area contributed by atoms with Gasteiger partial charge >= 0.3 is 0 Å². The molecular formula is C18H15ClN2O2. The molecule has 23 heavy (non-hydrogen) atoms. The van der Waals surface area contributed by atoms with Gasteiger partial charge in [0.1, 0.15) is 5.69 Å². The first kappa shape index (κ1) is 15.3. The molecule has 1 aromatic heterocycles. The summed E-state index contributed by atoms with van der Waals surface area (Å²) in [5, 5.41) is 4.82. The smallest absolute Gasteiger partial charge is 0.268 e. The molecule has 0 fully saturated rings. The van der Waals surface area contributed by atoms with Crippen molar-refractivity contribution in [3.8, 4) is 0 Å². The van der Waals surface area contributed by atoms with E-state index in [0.717, 1.165) is 10.9 Å². The molecule has 0 aliphatic rings. The highest BCUT2D eigenvalue weighted by atomic mass is 35.5. The van der Waals surface area contributed by atoms with Crippen LogP contribution in [0.3, 0.4) is 0 Å². The lowest BCUT2D eigenvalue weighted by atomic mass is 10.1. The SMILES string of the molecule is CC(NC(=O)c1cc2ccccc2c(=O)[nH]1)c1ccc(Cl)cc1. The molecule has 1 amide bonds. The third-order valence-corrected chi connectivity index (χ3v) is 3.97. The number of aromatic nitrogens is 1. The van der Waals surface area contributed by atoms with Crippen LogP contribution in [0.4, 0.5) is 0 Å². The minimum Gasteiger partial charge on any atom is -0.344 e. The Labute approximate surface area is 138 Å². The topological polar surface area (TPSA) is 62.0 Å². The fraction of sp³-hybridized carbons (Fsp3) is 0.111. The number of nitrogens with one attached hydrogen (secondary N) is 2. The lowest BCUT2D eigenvalue weighted by molar-refractivity contribution is 0.0935. The van der Waals surface area contributed by atoms with Gasteiger partial charge in [-0.1, -0.05) is 41.9 Å². The highest BCUT2D eigenvalue weighted by Crippen LogP contribution is 2.17. The summed E-state index contributed by atoms with van der Waals surface area (Å²) in [5.41, 5.74) is 0.910. The number of benzene rings is 2. The zero-order chi connectivity index (χ0) is 16.4. The van der Waals surface area contributed by atoms with Gasteiger partial charge in [-0.25, -0.2) is 0 Å². The first-order valence-corrected chi connectivity index (χ1v) is 7.61. The Kier molecular flexibility index (Phi) is 4.17. The van der Waals surface area contributed by atoms with E-state index in [4.69, 9.17) is 11.6 Å². The molecule has 0 bridgehead atoms. The minimum atomic E-state index is -0.324. The highest BCUT2D eigenvalue weighted by Gasteiger charge is 2.13. The lowest BCUT2D eigenvalue weighted by Gasteiger charge is -2.14. The van der Waals surface area contributed by atoms with E-state index in [2.05, 4.69) is 10.3 Å². The van der Waals surface area contributed by atoms with Crippen LogP contribution in [0.1, 0.15) is 29.0 Å². The summed E-state index contributed by atoms with van der Waals surface area (Å²) in [6.07, 6.45) is 0. The fourth-order valence-corrected chi connectivity index (χ4v) is 2.57. The normalized spacial score (nSPS) is 12.1. The van der Waals surface area contributed by atoms with Crippen LogP contribution in [0.15, 0.2) is 59.4 Å². The van der Waals surface area contributed by atoms with Crippen molar-refractivity contribution in [1.82, 2.24) is 10.3 Å². The molecule has 4 nitrogen and oxygen atoms in total. The summed E-state index contributed by atoms with van der Waals surface area (Å²) in [5.74, 6) is -0.324. The Morgan fingerprint density at radius 2 is 1.83 bits per heavy atom. The van der Waals surface area contributed by atoms with E-state index in [1.807, 2.05) is 31.2 Å². The van der Waals surface area contributed by atoms with Crippen LogP contribution >= 0.6 is 11.6 Å². The average Bonchev–Trinajstić information content (AvgIpc) is 2.55. The fourth-order valence-electron chi connectivity index (χ4n) is 2.44. The number of fused-ring (bicyclic) bond motifs is 1. The number of amides is 1. The second-order valence-corrected chi connectivity index (χ2v) is 5.78. The zero-order valence-corrected chi connectivity index (χ0v) is 13.2. The van der Waals surface area contributed by atoms with Crippen molar-refractivity contribution in [3.05, 3.63) is 81.2 Å². The molecule has 5 heteroatoms. The number of hydrogen-bond acceptors (Lipinski definition) is 2. The van der Waals surface area contributed by atoms with E-state index < -0.39 is 0 Å². The van der Waals surface area contributed by atoms with E-state index in [1.165, 1.54) is 0 Å². The monoisotopic (exact) mass is 326 g/mol. The van der Waals surface area contributed by atoms with Gasteiger partial charge in [-0.05, 0) is 42.1 Å². The maximum Gasteiger partial charge on any atom is 0.268 e. The summed E-state index contributed by atoms with van der Waals surface area (Å²) in [7, 11) is 0. The van der Waals surface area contributed by atoms with Gasteiger partial charge in [-0.15, -0.1) is 0 Å². The molecular weight excluding hydrogens is 312 g/mol. The molecule has 0 aliphatic carbocycles. The minimum absolute atomic E-state index is 0.199. The molecule has 0 radical (unpaired) electrons. The molecule has 1 unspecified atom stereocenters. The molecule has 0 spiro atoms. The summed E-state index contributed by atoms with van der Waals surface area (Å²) in [4.78, 5) is 27.1.